The predicted octanol–water partition coefficient (Wildman–Crippen LogP) is 4.36. The molecule has 130 valence electrons. The molecule has 0 fully saturated rings. The molecule has 0 radical (unpaired) electrons. The van der Waals surface area contributed by atoms with Crippen LogP contribution >= 0.6 is 0 Å². The minimum absolute atomic E-state index is 0.172. The Kier molecular flexibility index (Phi) is 4.81. The topological polar surface area (TPSA) is 86.5 Å². The molecule has 2 aromatic heterocycles. The van der Waals surface area contributed by atoms with Crippen molar-refractivity contribution in [1.29, 1.82) is 5.26 Å². The molecule has 3 rings (SSSR count). The maximum atomic E-state index is 9.07. The SMILES string of the molecule is CC(C)(C)Nc1nc(Nc2cccc(C#N)c2)cc(-c2ccncc2)n1. The standard InChI is InChI=1S/C20H20N6/c1-20(2,3)26-19-24-17(15-7-9-22-10-8-15)12-18(25-19)23-16-6-4-5-14(11-16)13-21/h4-12H,1-3H3,(H2,23,24,25,26). The Labute approximate surface area is 153 Å². The van der Waals surface area contributed by atoms with Gasteiger partial charge in [-0.15, -0.1) is 0 Å². The average molecular weight is 344 g/mol. The van der Waals surface area contributed by atoms with Gasteiger partial charge in [-0.25, -0.2) is 4.98 Å². The molecule has 0 saturated heterocycles. The van der Waals surface area contributed by atoms with Gasteiger partial charge in [0.1, 0.15) is 5.82 Å². The number of rotatable bonds is 4. The second-order valence-electron chi connectivity index (χ2n) is 6.89. The van der Waals surface area contributed by atoms with Gasteiger partial charge in [-0.2, -0.15) is 10.2 Å². The molecule has 6 nitrogen and oxygen atoms in total. The number of hydrogen-bond acceptors (Lipinski definition) is 6. The third-order valence-electron chi connectivity index (χ3n) is 3.45. The fourth-order valence-electron chi connectivity index (χ4n) is 2.39. The van der Waals surface area contributed by atoms with Gasteiger partial charge in [0.15, 0.2) is 0 Å². The van der Waals surface area contributed by atoms with E-state index < -0.39 is 0 Å². The van der Waals surface area contributed by atoms with Crippen LogP contribution in [0.1, 0.15) is 26.3 Å². The Morgan fingerprint density at radius 1 is 1.00 bits per heavy atom. The molecule has 0 bridgehead atoms. The molecular weight excluding hydrogens is 324 g/mol. The summed E-state index contributed by atoms with van der Waals surface area (Å²) in [5.74, 6) is 1.18. The molecule has 0 spiro atoms. The Bertz CT molecular complexity index is 939. The molecule has 26 heavy (non-hydrogen) atoms. The molecule has 0 aliphatic heterocycles. The van der Waals surface area contributed by atoms with Crippen LogP contribution in [0.2, 0.25) is 0 Å². The van der Waals surface area contributed by atoms with Gasteiger partial charge in [0.2, 0.25) is 5.95 Å². The second kappa shape index (κ2) is 7.19. The van der Waals surface area contributed by atoms with Gasteiger partial charge in [0, 0.05) is 35.2 Å². The third-order valence-corrected chi connectivity index (χ3v) is 3.45. The lowest BCUT2D eigenvalue weighted by Crippen LogP contribution is -2.27. The van der Waals surface area contributed by atoms with E-state index in [9.17, 15) is 0 Å². The largest absolute Gasteiger partial charge is 0.350 e. The van der Waals surface area contributed by atoms with Crippen LogP contribution in [0.4, 0.5) is 17.5 Å². The van der Waals surface area contributed by atoms with Crippen LogP contribution in [-0.2, 0) is 0 Å². The summed E-state index contributed by atoms with van der Waals surface area (Å²) in [5.41, 5.74) is 2.95. The first-order valence-electron chi connectivity index (χ1n) is 8.28. The zero-order chi connectivity index (χ0) is 18.6. The van der Waals surface area contributed by atoms with Crippen LogP contribution in [0, 0.1) is 11.3 Å². The maximum absolute atomic E-state index is 9.07. The van der Waals surface area contributed by atoms with Crippen molar-refractivity contribution in [3.05, 3.63) is 60.4 Å². The van der Waals surface area contributed by atoms with E-state index in [0.29, 0.717) is 17.3 Å². The minimum atomic E-state index is -0.172. The van der Waals surface area contributed by atoms with Crippen molar-refractivity contribution in [2.24, 2.45) is 0 Å². The molecule has 0 atom stereocenters. The first-order chi connectivity index (χ1) is 12.4. The van der Waals surface area contributed by atoms with Crippen molar-refractivity contribution in [3.63, 3.8) is 0 Å². The van der Waals surface area contributed by atoms with Gasteiger partial charge in [0.25, 0.3) is 0 Å². The molecule has 2 N–H and O–H groups in total. The molecule has 1 aromatic carbocycles. The number of anilines is 3. The monoisotopic (exact) mass is 344 g/mol. The zero-order valence-electron chi connectivity index (χ0n) is 15.0. The number of nitrogens with zero attached hydrogens (tertiary/aromatic N) is 4. The van der Waals surface area contributed by atoms with E-state index in [-0.39, 0.29) is 5.54 Å². The number of nitriles is 1. The Morgan fingerprint density at radius 2 is 1.77 bits per heavy atom. The van der Waals surface area contributed by atoms with Crippen molar-refractivity contribution in [1.82, 2.24) is 15.0 Å². The lowest BCUT2D eigenvalue weighted by molar-refractivity contribution is 0.626. The lowest BCUT2D eigenvalue weighted by Gasteiger charge is -2.21. The summed E-state index contributed by atoms with van der Waals surface area (Å²) in [6, 6.07) is 15.1. The third kappa shape index (κ3) is 4.54. The highest BCUT2D eigenvalue weighted by Gasteiger charge is 2.14. The van der Waals surface area contributed by atoms with Gasteiger partial charge in [0.05, 0.1) is 17.3 Å². The first kappa shape index (κ1) is 17.4. The number of hydrogen-bond donors (Lipinski definition) is 2. The van der Waals surface area contributed by atoms with E-state index in [0.717, 1.165) is 16.9 Å². The number of benzene rings is 1. The molecule has 0 unspecified atom stereocenters. The van der Waals surface area contributed by atoms with E-state index >= 15 is 0 Å². The van der Waals surface area contributed by atoms with Crippen molar-refractivity contribution >= 4 is 17.5 Å². The second-order valence-corrected chi connectivity index (χ2v) is 6.89. The van der Waals surface area contributed by atoms with Crippen LogP contribution in [0.5, 0.6) is 0 Å². The van der Waals surface area contributed by atoms with Crippen molar-refractivity contribution in [3.8, 4) is 17.3 Å². The fourth-order valence-corrected chi connectivity index (χ4v) is 2.39. The van der Waals surface area contributed by atoms with Crippen LogP contribution in [0.25, 0.3) is 11.3 Å². The number of aromatic nitrogens is 3. The fraction of sp³-hybridized carbons (Fsp3) is 0.200. The highest BCUT2D eigenvalue weighted by atomic mass is 15.2. The summed E-state index contributed by atoms with van der Waals surface area (Å²) in [5, 5.41) is 15.6. The van der Waals surface area contributed by atoms with E-state index in [1.54, 1.807) is 24.5 Å². The van der Waals surface area contributed by atoms with Gasteiger partial charge < -0.3 is 10.6 Å². The summed E-state index contributed by atoms with van der Waals surface area (Å²) in [6.45, 7) is 6.16. The van der Waals surface area contributed by atoms with Gasteiger partial charge in [-0.05, 0) is 51.1 Å². The van der Waals surface area contributed by atoms with E-state index in [2.05, 4.69) is 52.4 Å². The molecular formula is C20H20N6. The molecule has 6 heteroatoms. The normalized spacial score (nSPS) is 10.8. The Morgan fingerprint density at radius 3 is 2.46 bits per heavy atom. The zero-order valence-corrected chi connectivity index (χ0v) is 15.0. The van der Waals surface area contributed by atoms with Gasteiger partial charge >= 0.3 is 0 Å². The highest BCUT2D eigenvalue weighted by molar-refractivity contribution is 5.67. The average Bonchev–Trinajstić information content (AvgIpc) is 2.61. The van der Waals surface area contributed by atoms with Crippen LogP contribution in [0.15, 0.2) is 54.9 Å². The predicted molar refractivity (Wildman–Crippen MR) is 103 cm³/mol. The minimum Gasteiger partial charge on any atom is -0.350 e. The number of pyridine rings is 1. The summed E-state index contributed by atoms with van der Waals surface area (Å²) >= 11 is 0. The smallest absolute Gasteiger partial charge is 0.225 e. The molecule has 0 aliphatic rings. The summed E-state index contributed by atoms with van der Waals surface area (Å²) in [4.78, 5) is 13.2. The molecule has 2 heterocycles. The number of nitrogens with one attached hydrogen (secondary N) is 2. The maximum Gasteiger partial charge on any atom is 0.225 e. The van der Waals surface area contributed by atoms with Crippen LogP contribution < -0.4 is 10.6 Å². The van der Waals surface area contributed by atoms with E-state index in [4.69, 9.17) is 5.26 Å². The molecule has 0 saturated carbocycles. The van der Waals surface area contributed by atoms with Gasteiger partial charge in [-0.3, -0.25) is 4.98 Å². The summed E-state index contributed by atoms with van der Waals surface area (Å²) < 4.78 is 0. The van der Waals surface area contributed by atoms with Crippen LogP contribution in [-0.4, -0.2) is 20.5 Å². The molecule has 0 amide bonds. The van der Waals surface area contributed by atoms with Crippen molar-refractivity contribution < 1.29 is 0 Å². The Hall–Kier alpha value is -3.46. The molecule has 3 aromatic rings. The van der Waals surface area contributed by atoms with Gasteiger partial charge in [-0.1, -0.05) is 6.07 Å². The van der Waals surface area contributed by atoms with E-state index in [1.807, 2.05) is 30.3 Å². The van der Waals surface area contributed by atoms with E-state index in [1.165, 1.54) is 0 Å². The van der Waals surface area contributed by atoms with Crippen LogP contribution in [0.3, 0.4) is 0 Å². The van der Waals surface area contributed by atoms with Crippen molar-refractivity contribution in [2.75, 3.05) is 10.6 Å². The van der Waals surface area contributed by atoms with Crippen molar-refractivity contribution in [2.45, 2.75) is 26.3 Å². The first-order valence-corrected chi connectivity index (χ1v) is 8.28. The lowest BCUT2D eigenvalue weighted by atomic mass is 10.1. The quantitative estimate of drug-likeness (QED) is 0.731. The Balaban J connectivity index is 2.00. The summed E-state index contributed by atoms with van der Waals surface area (Å²) in [7, 11) is 0. The molecule has 0 aliphatic carbocycles. The highest BCUT2D eigenvalue weighted by Crippen LogP contribution is 2.24. The summed E-state index contributed by atoms with van der Waals surface area (Å²) in [6.07, 6.45) is 3.47.